The number of pyridine rings is 4. The zero-order chi connectivity index (χ0) is 19.2. The van der Waals surface area contributed by atoms with E-state index in [4.69, 9.17) is 0 Å². The van der Waals surface area contributed by atoms with Gasteiger partial charge in [-0.1, -0.05) is 6.07 Å². The molecule has 0 aliphatic heterocycles. The Hall–Kier alpha value is -3.40. The molecule has 0 atom stereocenters. The quantitative estimate of drug-likeness (QED) is 0.488. The number of aryl methyl sites for hydroxylation is 3. The monoisotopic (exact) mass is 368 g/mol. The van der Waals surface area contributed by atoms with Crippen molar-refractivity contribution in [1.29, 1.82) is 0 Å². The standard InChI is InChI=1S/C24H24N4/c1-27-15-8-21(9-16-27)22-10-17-28(18-11-22)14-4-5-20-7-13-26-24(19-20)23-6-2-3-12-25-23/h2-3,6-13,15-19H,4-5,14H2,1H3/q+2. The van der Waals surface area contributed by atoms with Crippen molar-refractivity contribution in [2.75, 3.05) is 0 Å². The molecule has 0 amide bonds. The summed E-state index contributed by atoms with van der Waals surface area (Å²) < 4.78 is 4.29. The second-order valence-corrected chi connectivity index (χ2v) is 6.94. The van der Waals surface area contributed by atoms with Gasteiger partial charge in [0.15, 0.2) is 24.8 Å². The minimum absolute atomic E-state index is 0.920. The number of hydrogen-bond donors (Lipinski definition) is 0. The van der Waals surface area contributed by atoms with Gasteiger partial charge in [-0.25, -0.2) is 9.13 Å². The smallest absolute Gasteiger partial charge is 0.169 e. The molecule has 0 aliphatic rings. The van der Waals surface area contributed by atoms with Crippen LogP contribution < -0.4 is 9.13 Å². The molecule has 4 heteroatoms. The summed E-state index contributed by atoms with van der Waals surface area (Å²) in [4.78, 5) is 8.84. The zero-order valence-electron chi connectivity index (χ0n) is 16.1. The molecule has 0 aliphatic carbocycles. The summed E-state index contributed by atoms with van der Waals surface area (Å²) in [5, 5.41) is 0. The van der Waals surface area contributed by atoms with Gasteiger partial charge in [0.2, 0.25) is 0 Å². The van der Waals surface area contributed by atoms with Crippen LogP contribution in [0.15, 0.2) is 91.8 Å². The molecule has 4 nitrogen and oxygen atoms in total. The van der Waals surface area contributed by atoms with E-state index in [2.05, 4.69) is 75.7 Å². The highest BCUT2D eigenvalue weighted by atomic mass is 14.9. The van der Waals surface area contributed by atoms with E-state index in [0.29, 0.717) is 0 Å². The molecule has 0 aromatic carbocycles. The van der Waals surface area contributed by atoms with Gasteiger partial charge in [0, 0.05) is 43.1 Å². The zero-order valence-corrected chi connectivity index (χ0v) is 16.1. The third-order valence-electron chi connectivity index (χ3n) is 4.84. The lowest BCUT2D eigenvalue weighted by molar-refractivity contribution is -0.697. The minimum atomic E-state index is 0.920. The van der Waals surface area contributed by atoms with Crippen molar-refractivity contribution in [1.82, 2.24) is 9.97 Å². The lowest BCUT2D eigenvalue weighted by Gasteiger charge is -2.04. The Balaban J connectivity index is 1.36. The number of rotatable bonds is 6. The predicted octanol–water partition coefficient (Wildman–Crippen LogP) is 3.56. The number of hydrogen-bond acceptors (Lipinski definition) is 2. The molecule has 28 heavy (non-hydrogen) atoms. The van der Waals surface area contributed by atoms with Crippen LogP contribution in [0.3, 0.4) is 0 Å². The van der Waals surface area contributed by atoms with Gasteiger partial charge in [0.1, 0.15) is 13.6 Å². The average Bonchev–Trinajstić information content (AvgIpc) is 2.76. The second-order valence-electron chi connectivity index (χ2n) is 6.94. The van der Waals surface area contributed by atoms with Gasteiger partial charge in [0.05, 0.1) is 11.4 Å². The first-order chi connectivity index (χ1) is 13.8. The molecule has 0 fully saturated rings. The molecule has 0 saturated heterocycles. The minimum Gasteiger partial charge on any atom is -0.255 e. The molecule has 0 radical (unpaired) electrons. The van der Waals surface area contributed by atoms with Crippen molar-refractivity contribution in [2.45, 2.75) is 19.4 Å². The third-order valence-corrected chi connectivity index (χ3v) is 4.84. The molecule has 138 valence electrons. The highest BCUT2D eigenvalue weighted by Crippen LogP contribution is 2.17. The van der Waals surface area contributed by atoms with Crippen LogP contribution in [0.5, 0.6) is 0 Å². The van der Waals surface area contributed by atoms with Crippen LogP contribution in [-0.4, -0.2) is 9.97 Å². The van der Waals surface area contributed by atoms with Gasteiger partial charge in [-0.3, -0.25) is 9.97 Å². The second kappa shape index (κ2) is 8.53. The molecule has 0 unspecified atom stereocenters. The van der Waals surface area contributed by atoms with E-state index < -0.39 is 0 Å². The summed E-state index contributed by atoms with van der Waals surface area (Å²) >= 11 is 0. The van der Waals surface area contributed by atoms with Crippen molar-refractivity contribution in [3.8, 4) is 22.5 Å². The van der Waals surface area contributed by atoms with E-state index in [1.807, 2.05) is 36.0 Å². The van der Waals surface area contributed by atoms with E-state index >= 15 is 0 Å². The molecule has 0 bridgehead atoms. The fourth-order valence-electron chi connectivity index (χ4n) is 3.24. The van der Waals surface area contributed by atoms with Crippen molar-refractivity contribution in [3.63, 3.8) is 0 Å². The maximum atomic E-state index is 4.45. The maximum Gasteiger partial charge on any atom is 0.169 e. The first-order valence-corrected chi connectivity index (χ1v) is 9.59. The van der Waals surface area contributed by atoms with Crippen molar-refractivity contribution in [3.05, 3.63) is 97.3 Å². The lowest BCUT2D eigenvalue weighted by Crippen LogP contribution is -2.32. The van der Waals surface area contributed by atoms with Crippen molar-refractivity contribution < 1.29 is 9.13 Å². The van der Waals surface area contributed by atoms with Gasteiger partial charge in [-0.15, -0.1) is 0 Å². The Labute approximate surface area is 165 Å². The van der Waals surface area contributed by atoms with Crippen LogP contribution in [0.4, 0.5) is 0 Å². The van der Waals surface area contributed by atoms with Gasteiger partial charge in [0.25, 0.3) is 0 Å². The van der Waals surface area contributed by atoms with Crippen LogP contribution in [0, 0.1) is 0 Å². The highest BCUT2D eigenvalue weighted by Gasteiger charge is 2.06. The average molecular weight is 368 g/mol. The van der Waals surface area contributed by atoms with Gasteiger partial charge in [-0.2, -0.15) is 0 Å². The molecular weight excluding hydrogens is 344 g/mol. The Kier molecular flexibility index (Phi) is 5.48. The van der Waals surface area contributed by atoms with Crippen LogP contribution in [-0.2, 0) is 20.0 Å². The van der Waals surface area contributed by atoms with E-state index in [-0.39, 0.29) is 0 Å². The third kappa shape index (κ3) is 4.46. The summed E-state index contributed by atoms with van der Waals surface area (Å²) in [6.07, 6.45) is 14.3. The van der Waals surface area contributed by atoms with Crippen molar-refractivity contribution in [2.24, 2.45) is 7.05 Å². The topological polar surface area (TPSA) is 33.5 Å². The molecule has 0 spiro atoms. The summed E-state index contributed by atoms with van der Waals surface area (Å²) in [5.74, 6) is 0. The fraction of sp³-hybridized carbons (Fsp3) is 0.167. The summed E-state index contributed by atoms with van der Waals surface area (Å²) in [6.45, 7) is 0.991. The molecule has 4 heterocycles. The van der Waals surface area contributed by atoms with E-state index in [1.54, 1.807) is 6.20 Å². The number of aromatic nitrogens is 4. The Morgan fingerprint density at radius 1 is 0.750 bits per heavy atom. The summed E-state index contributed by atoms with van der Waals surface area (Å²) in [7, 11) is 2.03. The first-order valence-electron chi connectivity index (χ1n) is 9.59. The molecule has 4 aromatic rings. The van der Waals surface area contributed by atoms with Crippen LogP contribution in [0.1, 0.15) is 12.0 Å². The highest BCUT2D eigenvalue weighted by molar-refractivity contribution is 5.61. The maximum absolute atomic E-state index is 4.45. The largest absolute Gasteiger partial charge is 0.255 e. The van der Waals surface area contributed by atoms with Gasteiger partial charge in [-0.05, 0) is 47.4 Å². The molecule has 0 N–H and O–H groups in total. The fourth-order valence-corrected chi connectivity index (χ4v) is 3.24. The van der Waals surface area contributed by atoms with Crippen LogP contribution in [0.25, 0.3) is 22.5 Å². The molecule has 4 rings (SSSR count). The van der Waals surface area contributed by atoms with E-state index in [1.165, 1.54) is 16.7 Å². The molecular formula is C24H24N4+2. The summed E-state index contributed by atoms with van der Waals surface area (Å²) in [5.41, 5.74) is 5.63. The van der Waals surface area contributed by atoms with Gasteiger partial charge >= 0.3 is 0 Å². The Morgan fingerprint density at radius 3 is 2.18 bits per heavy atom. The van der Waals surface area contributed by atoms with E-state index in [9.17, 15) is 0 Å². The normalized spacial score (nSPS) is 10.8. The van der Waals surface area contributed by atoms with Crippen LogP contribution >= 0.6 is 0 Å². The lowest BCUT2D eigenvalue weighted by atomic mass is 10.1. The van der Waals surface area contributed by atoms with Gasteiger partial charge < -0.3 is 0 Å². The van der Waals surface area contributed by atoms with Crippen molar-refractivity contribution >= 4 is 0 Å². The number of nitrogens with zero attached hydrogens (tertiary/aromatic N) is 4. The van der Waals surface area contributed by atoms with E-state index in [0.717, 1.165) is 30.8 Å². The Morgan fingerprint density at radius 2 is 1.46 bits per heavy atom. The predicted molar refractivity (Wildman–Crippen MR) is 109 cm³/mol. The first kappa shape index (κ1) is 18.0. The molecule has 4 aromatic heterocycles. The molecule has 0 saturated carbocycles. The Bertz CT molecular complexity index is 1030. The SMILES string of the molecule is C[n+]1ccc(-c2cc[n+](CCCc3ccnc(-c4ccccn4)c3)cc2)cc1. The van der Waals surface area contributed by atoms with Crippen LogP contribution in [0.2, 0.25) is 0 Å². The summed E-state index contributed by atoms with van der Waals surface area (Å²) in [6, 6.07) is 18.8.